The van der Waals surface area contributed by atoms with Crippen molar-refractivity contribution >= 4 is 17.4 Å². The maximum Gasteiger partial charge on any atom is 0.162 e. The van der Waals surface area contributed by atoms with Crippen LogP contribution >= 0.6 is 11.6 Å². The molecule has 1 aliphatic rings. The molecule has 19 heavy (non-hydrogen) atoms. The Hall–Kier alpha value is -1.22. The predicted molar refractivity (Wildman–Crippen MR) is 75.3 cm³/mol. The van der Waals surface area contributed by atoms with Gasteiger partial charge in [-0.3, -0.25) is 4.79 Å². The van der Waals surface area contributed by atoms with Crippen molar-refractivity contribution in [1.82, 2.24) is 0 Å². The minimum atomic E-state index is 0.330. The summed E-state index contributed by atoms with van der Waals surface area (Å²) in [7, 11) is 0. The molecule has 104 valence electrons. The van der Waals surface area contributed by atoms with Crippen molar-refractivity contribution in [3.05, 3.63) is 22.7 Å². The maximum atomic E-state index is 11.5. The van der Waals surface area contributed by atoms with Crippen molar-refractivity contribution in [2.24, 2.45) is 0 Å². The summed E-state index contributed by atoms with van der Waals surface area (Å²) in [5.41, 5.74) is 1.02. The van der Waals surface area contributed by atoms with Gasteiger partial charge < -0.3 is 9.47 Å². The van der Waals surface area contributed by atoms with Gasteiger partial charge in [0, 0.05) is 23.9 Å². The second-order valence-corrected chi connectivity index (χ2v) is 5.14. The van der Waals surface area contributed by atoms with E-state index < -0.39 is 0 Å². The number of carbonyl (C=O) groups excluding carboxylic acids is 1. The molecule has 1 heterocycles. The van der Waals surface area contributed by atoms with Gasteiger partial charge >= 0.3 is 0 Å². The SMILES string of the molecule is CCCC(=O)CCCc1cc2c(cc1Cl)OCCO2. The van der Waals surface area contributed by atoms with Crippen molar-refractivity contribution in [1.29, 1.82) is 0 Å². The first-order chi connectivity index (χ1) is 9.20. The molecule has 0 unspecified atom stereocenters. The Bertz CT molecular complexity index is 457. The summed E-state index contributed by atoms with van der Waals surface area (Å²) in [6.07, 6.45) is 3.85. The second-order valence-electron chi connectivity index (χ2n) is 4.73. The highest BCUT2D eigenvalue weighted by Gasteiger charge is 2.15. The van der Waals surface area contributed by atoms with Gasteiger partial charge in [0.25, 0.3) is 0 Å². The van der Waals surface area contributed by atoms with Crippen LogP contribution in [0.3, 0.4) is 0 Å². The highest BCUT2D eigenvalue weighted by molar-refractivity contribution is 6.31. The monoisotopic (exact) mass is 282 g/mol. The van der Waals surface area contributed by atoms with Crippen LogP contribution in [-0.4, -0.2) is 19.0 Å². The van der Waals surface area contributed by atoms with Crippen LogP contribution in [0, 0.1) is 0 Å². The molecule has 0 N–H and O–H groups in total. The molecule has 0 aromatic heterocycles. The molecule has 1 aromatic rings. The number of hydrogen-bond acceptors (Lipinski definition) is 3. The average Bonchev–Trinajstić information content (AvgIpc) is 2.39. The fourth-order valence-corrected chi connectivity index (χ4v) is 2.43. The zero-order valence-electron chi connectivity index (χ0n) is 11.2. The minimum Gasteiger partial charge on any atom is -0.486 e. The van der Waals surface area contributed by atoms with E-state index in [0.717, 1.165) is 30.6 Å². The van der Waals surface area contributed by atoms with Crippen LogP contribution in [0.4, 0.5) is 0 Å². The number of hydrogen-bond donors (Lipinski definition) is 0. The number of fused-ring (bicyclic) bond motifs is 1. The third-order valence-electron chi connectivity index (χ3n) is 3.14. The number of halogens is 1. The zero-order valence-corrected chi connectivity index (χ0v) is 12.0. The Kier molecular flexibility index (Phi) is 5.08. The minimum absolute atomic E-state index is 0.330. The number of rotatable bonds is 6. The smallest absolute Gasteiger partial charge is 0.162 e. The third kappa shape index (κ3) is 3.87. The third-order valence-corrected chi connectivity index (χ3v) is 3.49. The molecule has 0 amide bonds. The molecule has 0 radical (unpaired) electrons. The van der Waals surface area contributed by atoms with Gasteiger partial charge in [-0.15, -0.1) is 0 Å². The van der Waals surface area contributed by atoms with E-state index in [9.17, 15) is 4.79 Å². The van der Waals surface area contributed by atoms with Crippen molar-refractivity contribution in [2.75, 3.05) is 13.2 Å². The van der Waals surface area contributed by atoms with E-state index in [4.69, 9.17) is 21.1 Å². The van der Waals surface area contributed by atoms with Gasteiger partial charge in [-0.25, -0.2) is 0 Å². The molecule has 0 atom stereocenters. The van der Waals surface area contributed by atoms with Gasteiger partial charge in [-0.1, -0.05) is 18.5 Å². The fraction of sp³-hybridized carbons (Fsp3) is 0.533. The largest absolute Gasteiger partial charge is 0.486 e. The number of benzene rings is 1. The predicted octanol–water partition coefficient (Wildman–Crippen LogP) is 3.80. The molecule has 1 aliphatic heterocycles. The second kappa shape index (κ2) is 6.80. The summed E-state index contributed by atoms with van der Waals surface area (Å²) in [6, 6.07) is 3.74. The van der Waals surface area contributed by atoms with Crippen LogP contribution in [0.25, 0.3) is 0 Å². The molecule has 2 rings (SSSR count). The van der Waals surface area contributed by atoms with Crippen molar-refractivity contribution in [2.45, 2.75) is 39.0 Å². The van der Waals surface area contributed by atoms with Gasteiger partial charge in [0.1, 0.15) is 19.0 Å². The fourth-order valence-electron chi connectivity index (χ4n) is 2.18. The molecule has 0 fully saturated rings. The molecule has 0 bridgehead atoms. The topological polar surface area (TPSA) is 35.5 Å². The number of carbonyl (C=O) groups is 1. The van der Waals surface area contributed by atoms with Gasteiger partial charge in [0.15, 0.2) is 11.5 Å². The van der Waals surface area contributed by atoms with Crippen LogP contribution in [0.5, 0.6) is 11.5 Å². The Balaban J connectivity index is 1.95. The normalized spacial score (nSPS) is 13.4. The summed E-state index contributed by atoms with van der Waals surface area (Å²) in [5.74, 6) is 1.80. The first-order valence-corrected chi connectivity index (χ1v) is 7.18. The van der Waals surface area contributed by atoms with Gasteiger partial charge in [0.2, 0.25) is 0 Å². The number of Topliss-reactive ketones (excluding diaryl/α,β-unsaturated/α-hetero) is 1. The summed E-state index contributed by atoms with van der Waals surface area (Å²) in [5, 5.41) is 0.687. The maximum absolute atomic E-state index is 11.5. The van der Waals surface area contributed by atoms with Gasteiger partial charge in [-0.2, -0.15) is 0 Å². The van der Waals surface area contributed by atoms with Crippen molar-refractivity contribution in [3.8, 4) is 11.5 Å². The van der Waals surface area contributed by atoms with Crippen LogP contribution in [0.2, 0.25) is 5.02 Å². The van der Waals surface area contributed by atoms with E-state index in [2.05, 4.69) is 0 Å². The quantitative estimate of drug-likeness (QED) is 0.796. The van der Waals surface area contributed by atoms with E-state index in [1.165, 1.54) is 0 Å². The molecule has 0 spiro atoms. The molecular weight excluding hydrogens is 264 g/mol. The first kappa shape index (κ1) is 14.2. The molecule has 0 aliphatic carbocycles. The summed E-state index contributed by atoms with van der Waals surface area (Å²) in [6.45, 7) is 3.16. The number of ether oxygens (including phenoxy) is 2. The standard InChI is InChI=1S/C15H19ClO3/c1-2-4-12(17)6-3-5-11-9-14-15(10-13(11)16)19-8-7-18-14/h9-10H,2-8H2,1H3. The van der Waals surface area contributed by atoms with Crippen LogP contribution < -0.4 is 9.47 Å². The Labute approximate surface area is 118 Å². The first-order valence-electron chi connectivity index (χ1n) is 6.80. The van der Waals surface area contributed by atoms with Crippen LogP contribution in [0.15, 0.2) is 12.1 Å². The van der Waals surface area contributed by atoms with Crippen LogP contribution in [0.1, 0.15) is 38.2 Å². The lowest BCUT2D eigenvalue weighted by atomic mass is 10.0. The van der Waals surface area contributed by atoms with E-state index in [0.29, 0.717) is 42.6 Å². The molecule has 3 nitrogen and oxygen atoms in total. The highest BCUT2D eigenvalue weighted by Crippen LogP contribution is 2.35. The van der Waals surface area contributed by atoms with E-state index in [1.54, 1.807) is 6.07 Å². The van der Waals surface area contributed by atoms with E-state index >= 15 is 0 Å². The average molecular weight is 283 g/mol. The lowest BCUT2D eigenvalue weighted by Gasteiger charge is -2.19. The lowest BCUT2D eigenvalue weighted by Crippen LogP contribution is -2.15. The van der Waals surface area contributed by atoms with Gasteiger partial charge in [0.05, 0.1) is 0 Å². The highest BCUT2D eigenvalue weighted by atomic mass is 35.5. The Morgan fingerprint density at radius 1 is 1.21 bits per heavy atom. The molecular formula is C15H19ClO3. The van der Waals surface area contributed by atoms with Gasteiger partial charge in [-0.05, 0) is 30.9 Å². The summed E-state index contributed by atoms with van der Waals surface area (Å²) in [4.78, 5) is 11.5. The van der Waals surface area contributed by atoms with Crippen LogP contribution in [-0.2, 0) is 11.2 Å². The number of ketones is 1. The Morgan fingerprint density at radius 2 is 1.89 bits per heavy atom. The van der Waals surface area contributed by atoms with E-state index in [1.807, 2.05) is 13.0 Å². The Morgan fingerprint density at radius 3 is 2.58 bits per heavy atom. The van der Waals surface area contributed by atoms with E-state index in [-0.39, 0.29) is 0 Å². The van der Waals surface area contributed by atoms with Crippen molar-refractivity contribution in [3.63, 3.8) is 0 Å². The molecule has 0 saturated heterocycles. The molecule has 0 saturated carbocycles. The zero-order chi connectivity index (χ0) is 13.7. The number of aryl methyl sites for hydroxylation is 1. The molecule has 4 heteroatoms. The summed E-state index contributed by atoms with van der Waals surface area (Å²) < 4.78 is 11.0. The van der Waals surface area contributed by atoms with Crippen molar-refractivity contribution < 1.29 is 14.3 Å². The lowest BCUT2D eigenvalue weighted by molar-refractivity contribution is -0.119. The summed E-state index contributed by atoms with van der Waals surface area (Å²) >= 11 is 6.22. The molecule has 1 aromatic carbocycles.